The van der Waals surface area contributed by atoms with Gasteiger partial charge in [0.2, 0.25) is 6.29 Å². The number of hydrogen-bond acceptors (Lipinski definition) is 4. The van der Waals surface area contributed by atoms with Gasteiger partial charge in [-0.3, -0.25) is 4.90 Å². The lowest BCUT2D eigenvalue weighted by atomic mass is 9.68. The minimum Gasteiger partial charge on any atom is -0.496 e. The molecule has 2 aliphatic heterocycles. The number of fused-ring (bicyclic) bond motifs is 5. The molecule has 0 fully saturated rings. The number of hydrogen-bond donors (Lipinski definition) is 1. The van der Waals surface area contributed by atoms with Crippen LogP contribution in [-0.2, 0) is 4.74 Å². The summed E-state index contributed by atoms with van der Waals surface area (Å²) in [6.45, 7) is 12.4. The molecule has 0 bridgehead atoms. The van der Waals surface area contributed by atoms with E-state index in [4.69, 9.17) is 14.2 Å². The van der Waals surface area contributed by atoms with Crippen LogP contribution in [0.5, 0.6) is 11.5 Å². The monoisotopic (exact) mass is 437 g/mol. The molecule has 2 heterocycles. The molecule has 0 saturated carbocycles. The van der Waals surface area contributed by atoms with Gasteiger partial charge in [0.05, 0.1) is 23.9 Å². The van der Waals surface area contributed by atoms with Crippen LogP contribution in [0.1, 0.15) is 59.0 Å². The number of rotatable bonds is 2. The smallest absolute Gasteiger partial charge is 0.412 e. The van der Waals surface area contributed by atoms with E-state index >= 15 is 0 Å². The van der Waals surface area contributed by atoms with Crippen LogP contribution >= 0.6 is 0 Å². The first-order valence-electron chi connectivity index (χ1n) is 10.7. The number of carbonyl (C=O) groups is 1. The molecule has 6 heteroatoms. The van der Waals surface area contributed by atoms with Crippen molar-refractivity contribution in [3.05, 3.63) is 47.0 Å². The minimum absolute atomic E-state index is 0.255. The Kier molecular flexibility index (Phi) is 5.05. The molecule has 0 radical (unpaired) electrons. The SMILES string of the molecule is COc1cccc2c1-c1ccc3c(c1C(OC)O2)C(C)=C(C(C)(C)C)C(C)(C)N3C(=O)O. The maximum atomic E-state index is 12.6. The summed E-state index contributed by atoms with van der Waals surface area (Å²) in [5.41, 5.74) is 5.21. The van der Waals surface area contributed by atoms with Crippen molar-refractivity contribution >= 4 is 17.4 Å². The number of methoxy groups -OCH3 is 2. The fourth-order valence-corrected chi connectivity index (χ4v) is 5.86. The molecule has 2 aliphatic rings. The summed E-state index contributed by atoms with van der Waals surface area (Å²) in [5, 5.41) is 10.3. The number of amides is 1. The molecular formula is C26H31NO5. The second kappa shape index (κ2) is 7.27. The van der Waals surface area contributed by atoms with Crippen molar-refractivity contribution in [2.24, 2.45) is 5.41 Å². The zero-order chi connectivity index (χ0) is 23.6. The Morgan fingerprint density at radius 2 is 1.81 bits per heavy atom. The quantitative estimate of drug-likeness (QED) is 0.581. The molecule has 6 nitrogen and oxygen atoms in total. The fraction of sp³-hybridized carbons (Fsp3) is 0.423. The standard InChI is InChI=1S/C26H31NO5/c1-14-19-16(27(24(28)29)26(5,6)22(14)25(2,3)4)13-12-15-20-17(30-7)10-9-11-18(20)32-23(31-8)21(15)19/h9-13,23H,1-8H3,(H,28,29). The van der Waals surface area contributed by atoms with Gasteiger partial charge in [-0.25, -0.2) is 4.79 Å². The highest BCUT2D eigenvalue weighted by molar-refractivity contribution is 6.00. The Hall–Kier alpha value is -2.99. The Labute approximate surface area is 189 Å². The van der Waals surface area contributed by atoms with Crippen molar-refractivity contribution in [2.45, 2.75) is 53.4 Å². The van der Waals surface area contributed by atoms with E-state index in [2.05, 4.69) is 27.7 Å². The normalized spacial score (nSPS) is 19.0. The van der Waals surface area contributed by atoms with Crippen LogP contribution < -0.4 is 14.4 Å². The zero-order valence-corrected chi connectivity index (χ0v) is 20.0. The van der Waals surface area contributed by atoms with Gasteiger partial charge in [-0.1, -0.05) is 32.9 Å². The Bertz CT molecular complexity index is 1140. The van der Waals surface area contributed by atoms with Gasteiger partial charge in [0.15, 0.2) is 0 Å². The number of ether oxygens (including phenoxy) is 3. The maximum absolute atomic E-state index is 12.6. The Balaban J connectivity index is 2.16. The van der Waals surface area contributed by atoms with Gasteiger partial charge in [-0.2, -0.15) is 0 Å². The van der Waals surface area contributed by atoms with Gasteiger partial charge < -0.3 is 19.3 Å². The first kappa shape index (κ1) is 22.2. The molecule has 0 spiro atoms. The zero-order valence-electron chi connectivity index (χ0n) is 20.0. The van der Waals surface area contributed by atoms with E-state index in [0.29, 0.717) is 17.2 Å². The van der Waals surface area contributed by atoms with Crippen LogP contribution in [0.15, 0.2) is 35.9 Å². The summed E-state index contributed by atoms with van der Waals surface area (Å²) in [4.78, 5) is 14.0. The highest BCUT2D eigenvalue weighted by Gasteiger charge is 2.47. The second-order valence-corrected chi connectivity index (χ2v) is 9.87. The highest BCUT2D eigenvalue weighted by Crippen LogP contribution is 2.56. The van der Waals surface area contributed by atoms with Crippen molar-refractivity contribution in [3.8, 4) is 22.6 Å². The third-order valence-corrected chi connectivity index (χ3v) is 6.49. The van der Waals surface area contributed by atoms with E-state index in [0.717, 1.165) is 33.4 Å². The van der Waals surface area contributed by atoms with Gasteiger partial charge in [0, 0.05) is 18.2 Å². The molecule has 1 unspecified atom stereocenters. The predicted octanol–water partition coefficient (Wildman–Crippen LogP) is 6.50. The van der Waals surface area contributed by atoms with Crippen LogP contribution in [0.3, 0.4) is 0 Å². The van der Waals surface area contributed by atoms with Gasteiger partial charge >= 0.3 is 6.09 Å². The van der Waals surface area contributed by atoms with Gasteiger partial charge in [-0.05, 0) is 61.1 Å². The van der Waals surface area contributed by atoms with Crippen molar-refractivity contribution in [3.63, 3.8) is 0 Å². The maximum Gasteiger partial charge on any atom is 0.412 e. The molecule has 2 aromatic carbocycles. The molecule has 0 saturated heterocycles. The first-order chi connectivity index (χ1) is 14.9. The molecule has 1 atom stereocenters. The largest absolute Gasteiger partial charge is 0.496 e. The minimum atomic E-state index is -0.992. The van der Waals surface area contributed by atoms with Crippen LogP contribution in [0.4, 0.5) is 10.5 Å². The summed E-state index contributed by atoms with van der Waals surface area (Å²) in [6, 6.07) is 9.51. The van der Waals surface area contributed by atoms with E-state index < -0.39 is 17.9 Å². The first-order valence-corrected chi connectivity index (χ1v) is 10.7. The van der Waals surface area contributed by atoms with Crippen LogP contribution in [0.25, 0.3) is 16.7 Å². The van der Waals surface area contributed by atoms with E-state index in [1.807, 2.05) is 44.2 Å². The van der Waals surface area contributed by atoms with Crippen molar-refractivity contribution < 1.29 is 24.1 Å². The fourth-order valence-electron chi connectivity index (χ4n) is 5.86. The number of benzene rings is 2. The van der Waals surface area contributed by atoms with E-state index in [-0.39, 0.29) is 5.41 Å². The number of nitrogens with zero attached hydrogens (tertiary/aromatic N) is 1. The van der Waals surface area contributed by atoms with E-state index in [9.17, 15) is 9.90 Å². The molecule has 0 aliphatic carbocycles. The molecule has 1 amide bonds. The molecule has 0 aromatic heterocycles. The van der Waals surface area contributed by atoms with Crippen LogP contribution in [0.2, 0.25) is 0 Å². The van der Waals surface area contributed by atoms with Gasteiger partial charge in [0.25, 0.3) is 0 Å². The van der Waals surface area contributed by atoms with Crippen molar-refractivity contribution in [2.75, 3.05) is 19.1 Å². The number of allylic oxidation sites excluding steroid dienone is 1. The lowest BCUT2D eigenvalue weighted by Crippen LogP contribution is -2.54. The molecule has 2 aromatic rings. The summed E-state index contributed by atoms with van der Waals surface area (Å²) >= 11 is 0. The summed E-state index contributed by atoms with van der Waals surface area (Å²) < 4.78 is 17.7. The van der Waals surface area contributed by atoms with E-state index in [1.54, 1.807) is 14.2 Å². The number of carboxylic acid groups (broad SMARTS) is 1. The molecule has 170 valence electrons. The highest BCUT2D eigenvalue weighted by atomic mass is 16.7. The molecule has 1 N–H and O–H groups in total. The average Bonchev–Trinajstić information content (AvgIpc) is 2.69. The predicted molar refractivity (Wildman–Crippen MR) is 125 cm³/mol. The van der Waals surface area contributed by atoms with Crippen LogP contribution in [-0.4, -0.2) is 31.0 Å². The molecular weight excluding hydrogens is 406 g/mol. The number of anilines is 1. The van der Waals surface area contributed by atoms with E-state index in [1.165, 1.54) is 4.90 Å². The lowest BCUT2D eigenvalue weighted by molar-refractivity contribution is -0.0581. The Morgan fingerprint density at radius 3 is 2.38 bits per heavy atom. The van der Waals surface area contributed by atoms with Crippen LogP contribution in [0, 0.1) is 5.41 Å². The third kappa shape index (κ3) is 3.00. The van der Waals surface area contributed by atoms with Crippen molar-refractivity contribution in [1.82, 2.24) is 0 Å². The van der Waals surface area contributed by atoms with Crippen molar-refractivity contribution in [1.29, 1.82) is 0 Å². The Morgan fingerprint density at radius 1 is 1.12 bits per heavy atom. The second-order valence-electron chi connectivity index (χ2n) is 9.87. The molecule has 4 rings (SSSR count). The summed E-state index contributed by atoms with van der Waals surface area (Å²) in [6.07, 6.45) is -1.67. The van der Waals surface area contributed by atoms with Gasteiger partial charge in [-0.15, -0.1) is 0 Å². The lowest BCUT2D eigenvalue weighted by Gasteiger charge is -2.49. The third-order valence-electron chi connectivity index (χ3n) is 6.49. The van der Waals surface area contributed by atoms with Gasteiger partial charge in [0.1, 0.15) is 11.5 Å². The molecule has 32 heavy (non-hydrogen) atoms. The summed E-state index contributed by atoms with van der Waals surface area (Å²) in [7, 11) is 3.23. The topological polar surface area (TPSA) is 68.2 Å². The average molecular weight is 438 g/mol. The summed E-state index contributed by atoms with van der Waals surface area (Å²) in [5.74, 6) is 1.37.